The predicted octanol–water partition coefficient (Wildman–Crippen LogP) is 3.81. The van der Waals surface area contributed by atoms with Crippen LogP contribution in [0.1, 0.15) is 39.0 Å². The topological polar surface area (TPSA) is 21.3 Å². The van der Waals surface area contributed by atoms with Gasteiger partial charge in [0, 0.05) is 11.5 Å². The predicted molar refractivity (Wildman–Crippen MR) is 63.8 cm³/mol. The van der Waals surface area contributed by atoms with Crippen LogP contribution in [-0.2, 0) is 4.74 Å². The fraction of sp³-hybridized carbons (Fsp3) is 1.00. The Bertz CT molecular complexity index is 347. The van der Waals surface area contributed by atoms with Crippen LogP contribution < -0.4 is 5.32 Å². The first kappa shape index (κ1) is 16.9. The van der Waals surface area contributed by atoms with E-state index in [1.165, 1.54) is 0 Å². The minimum absolute atomic E-state index is 0.0443. The molecule has 0 amide bonds. The lowest BCUT2D eigenvalue weighted by Gasteiger charge is -2.55. The van der Waals surface area contributed by atoms with Crippen molar-refractivity contribution in [2.45, 2.75) is 69.6 Å². The van der Waals surface area contributed by atoms with Gasteiger partial charge >= 0.3 is 12.4 Å². The Morgan fingerprint density at radius 2 is 1.62 bits per heavy atom. The van der Waals surface area contributed by atoms with E-state index in [2.05, 4.69) is 10.1 Å². The number of halogens is 6. The van der Waals surface area contributed by atoms with Crippen molar-refractivity contribution in [3.05, 3.63) is 0 Å². The molecule has 0 aliphatic heterocycles. The van der Waals surface area contributed by atoms with Crippen LogP contribution in [-0.4, -0.2) is 37.1 Å². The summed E-state index contributed by atoms with van der Waals surface area (Å²) < 4.78 is 80.1. The molecule has 0 bridgehead atoms. The lowest BCUT2D eigenvalue weighted by atomic mass is 9.60. The van der Waals surface area contributed by atoms with Crippen molar-refractivity contribution in [2.24, 2.45) is 5.41 Å². The van der Waals surface area contributed by atoms with E-state index in [1.54, 1.807) is 0 Å². The van der Waals surface area contributed by atoms with E-state index < -0.39 is 30.0 Å². The van der Waals surface area contributed by atoms with Gasteiger partial charge in [0.15, 0.2) is 0 Å². The second-order valence-corrected chi connectivity index (χ2v) is 5.87. The van der Waals surface area contributed by atoms with Gasteiger partial charge in [0.1, 0.15) is 0 Å². The Labute approximate surface area is 119 Å². The van der Waals surface area contributed by atoms with Gasteiger partial charge in [-0.05, 0) is 25.8 Å². The van der Waals surface area contributed by atoms with Gasteiger partial charge in [-0.25, -0.2) is 0 Å². The highest BCUT2D eigenvalue weighted by molar-refractivity contribution is 5.10. The van der Waals surface area contributed by atoms with Crippen molar-refractivity contribution in [3.8, 4) is 0 Å². The van der Waals surface area contributed by atoms with Gasteiger partial charge in [0.05, 0.1) is 6.10 Å². The first-order chi connectivity index (χ1) is 9.61. The first-order valence-corrected chi connectivity index (χ1v) is 7.13. The largest absolute Gasteiger partial charge is 0.423 e. The van der Waals surface area contributed by atoms with E-state index in [0.717, 1.165) is 12.8 Å². The monoisotopic (exact) mass is 319 g/mol. The minimum Gasteiger partial charge on any atom is -0.357 e. The standard InChI is InChI=1S/C13H19F6NO/c1-2-20-8-7-9(11(8)5-3-4-6-11)21-10(12(14,15)16)13(17,18)19/h8-10,20H,2-7H2,1H3. The number of hydrogen-bond donors (Lipinski definition) is 1. The Kier molecular flexibility index (Phi) is 4.50. The Balaban J connectivity index is 2.11. The van der Waals surface area contributed by atoms with E-state index in [0.29, 0.717) is 19.4 Å². The Morgan fingerprint density at radius 3 is 2.05 bits per heavy atom. The lowest BCUT2D eigenvalue weighted by molar-refractivity contribution is -0.348. The minimum atomic E-state index is -5.43. The number of nitrogens with one attached hydrogen (secondary N) is 1. The summed E-state index contributed by atoms with van der Waals surface area (Å²) in [5.74, 6) is 0. The van der Waals surface area contributed by atoms with Gasteiger partial charge in [-0.2, -0.15) is 26.3 Å². The molecule has 2 fully saturated rings. The maximum absolute atomic E-state index is 12.6. The second kappa shape index (κ2) is 5.61. The van der Waals surface area contributed by atoms with E-state index >= 15 is 0 Å². The molecule has 1 N–H and O–H groups in total. The average Bonchev–Trinajstić information content (AvgIpc) is 2.81. The summed E-state index contributed by atoms with van der Waals surface area (Å²) in [5, 5.41) is 3.15. The molecule has 0 aromatic carbocycles. The summed E-state index contributed by atoms with van der Waals surface area (Å²) in [7, 11) is 0. The highest BCUT2D eigenvalue weighted by atomic mass is 19.4. The van der Waals surface area contributed by atoms with Crippen LogP contribution in [0.25, 0.3) is 0 Å². The summed E-state index contributed by atoms with van der Waals surface area (Å²) >= 11 is 0. The van der Waals surface area contributed by atoms with Gasteiger partial charge in [-0.15, -0.1) is 0 Å². The van der Waals surface area contributed by atoms with Crippen LogP contribution in [0.2, 0.25) is 0 Å². The molecule has 0 saturated heterocycles. The van der Waals surface area contributed by atoms with E-state index in [4.69, 9.17) is 0 Å². The third-order valence-electron chi connectivity index (χ3n) is 4.66. The molecule has 0 radical (unpaired) electrons. The third kappa shape index (κ3) is 3.16. The third-order valence-corrected chi connectivity index (χ3v) is 4.66. The zero-order chi connectivity index (χ0) is 15.9. The van der Waals surface area contributed by atoms with Gasteiger partial charge < -0.3 is 10.1 Å². The van der Waals surface area contributed by atoms with Crippen molar-refractivity contribution in [1.82, 2.24) is 5.32 Å². The number of rotatable bonds is 4. The molecule has 0 aromatic rings. The zero-order valence-electron chi connectivity index (χ0n) is 11.7. The van der Waals surface area contributed by atoms with E-state index in [1.807, 2.05) is 6.92 Å². The second-order valence-electron chi connectivity index (χ2n) is 5.87. The maximum atomic E-state index is 12.6. The number of alkyl halides is 6. The van der Waals surface area contributed by atoms with Crippen LogP contribution >= 0.6 is 0 Å². The highest BCUT2D eigenvalue weighted by Gasteiger charge is 2.64. The van der Waals surface area contributed by atoms with E-state index in [9.17, 15) is 26.3 Å². The molecule has 2 rings (SSSR count). The van der Waals surface area contributed by atoms with Crippen molar-refractivity contribution < 1.29 is 31.1 Å². The van der Waals surface area contributed by atoms with Crippen LogP contribution in [0.5, 0.6) is 0 Å². The van der Waals surface area contributed by atoms with Gasteiger partial charge in [-0.1, -0.05) is 19.8 Å². The fourth-order valence-corrected chi connectivity index (χ4v) is 3.68. The summed E-state index contributed by atoms with van der Waals surface area (Å²) in [6.45, 7) is 2.51. The molecule has 2 unspecified atom stereocenters. The van der Waals surface area contributed by atoms with Crippen molar-refractivity contribution in [2.75, 3.05) is 6.54 Å². The summed E-state index contributed by atoms with van der Waals surface area (Å²) in [4.78, 5) is 0. The number of hydrogen-bond acceptors (Lipinski definition) is 2. The van der Waals surface area contributed by atoms with Gasteiger partial charge in [-0.3, -0.25) is 0 Å². The van der Waals surface area contributed by atoms with Crippen LogP contribution in [0.15, 0.2) is 0 Å². The zero-order valence-corrected chi connectivity index (χ0v) is 11.7. The molecule has 2 saturated carbocycles. The molecule has 2 aliphatic carbocycles. The molecule has 0 aromatic heterocycles. The molecular weight excluding hydrogens is 300 g/mol. The highest BCUT2D eigenvalue weighted by Crippen LogP contribution is 2.56. The molecular formula is C13H19F6NO. The van der Waals surface area contributed by atoms with Gasteiger partial charge in [0.2, 0.25) is 6.10 Å². The lowest BCUT2D eigenvalue weighted by Crippen LogP contribution is -2.65. The average molecular weight is 319 g/mol. The van der Waals surface area contributed by atoms with Gasteiger partial charge in [0.25, 0.3) is 0 Å². The van der Waals surface area contributed by atoms with E-state index in [-0.39, 0.29) is 12.5 Å². The van der Waals surface area contributed by atoms with Crippen molar-refractivity contribution in [1.29, 1.82) is 0 Å². The Hall–Kier alpha value is -0.500. The molecule has 0 heterocycles. The van der Waals surface area contributed by atoms with Crippen molar-refractivity contribution >= 4 is 0 Å². The smallest absolute Gasteiger partial charge is 0.357 e. The molecule has 2 aliphatic rings. The summed E-state index contributed by atoms with van der Waals surface area (Å²) in [6, 6.07) is -0.0443. The summed E-state index contributed by atoms with van der Waals surface area (Å²) in [5.41, 5.74) is -0.565. The molecule has 124 valence electrons. The molecule has 21 heavy (non-hydrogen) atoms. The van der Waals surface area contributed by atoms with Crippen molar-refractivity contribution in [3.63, 3.8) is 0 Å². The molecule has 2 nitrogen and oxygen atoms in total. The summed E-state index contributed by atoms with van der Waals surface area (Å²) in [6.07, 6.45) is -12.4. The Morgan fingerprint density at radius 1 is 1.10 bits per heavy atom. The maximum Gasteiger partial charge on any atom is 0.423 e. The van der Waals surface area contributed by atoms with Crippen LogP contribution in [0.4, 0.5) is 26.3 Å². The van der Waals surface area contributed by atoms with Crippen LogP contribution in [0.3, 0.4) is 0 Å². The molecule has 8 heteroatoms. The first-order valence-electron chi connectivity index (χ1n) is 7.13. The molecule has 1 spiro atoms. The van der Waals surface area contributed by atoms with Crippen LogP contribution in [0, 0.1) is 5.41 Å². The SMILES string of the molecule is CCNC1CC(OC(C(F)(F)F)C(F)(F)F)C12CCCC2. The molecule has 2 atom stereocenters. The normalized spacial score (nSPS) is 29.1. The quantitative estimate of drug-likeness (QED) is 0.796. The fourth-order valence-electron chi connectivity index (χ4n) is 3.68. The number of ether oxygens (including phenoxy) is 1.